The first kappa shape index (κ1) is 13.2. The molecular weight excluding hydrogens is 242 g/mol. The van der Waals surface area contributed by atoms with Gasteiger partial charge in [-0.1, -0.05) is 25.1 Å². The quantitative estimate of drug-likeness (QED) is 0.759. The summed E-state index contributed by atoms with van der Waals surface area (Å²) in [7, 11) is 0. The van der Waals surface area contributed by atoms with Crippen LogP contribution >= 0.6 is 11.8 Å². The zero-order valence-electron chi connectivity index (χ0n) is 10.6. The van der Waals surface area contributed by atoms with Gasteiger partial charge in [0, 0.05) is 22.3 Å². The molecule has 1 aromatic carbocycles. The summed E-state index contributed by atoms with van der Waals surface area (Å²) in [5.74, 6) is 1.02. The number of rotatable bonds is 7. The third-order valence-corrected chi connectivity index (χ3v) is 3.85. The fourth-order valence-corrected chi connectivity index (χ4v) is 2.78. The standard InChI is InChI=1S/C15H19NOS/c1-2-9-16-15(13-8-10-17-11-13)12-18-14-6-4-3-5-7-14/h3-8,10-11,15-16H,2,9,12H2,1H3. The molecule has 2 aromatic rings. The fourth-order valence-electron chi connectivity index (χ4n) is 1.76. The summed E-state index contributed by atoms with van der Waals surface area (Å²) in [5.41, 5.74) is 1.23. The van der Waals surface area contributed by atoms with Crippen LogP contribution in [0.2, 0.25) is 0 Å². The molecule has 0 saturated carbocycles. The molecular formula is C15H19NOS. The third kappa shape index (κ3) is 3.93. The van der Waals surface area contributed by atoms with Crippen molar-refractivity contribution in [2.45, 2.75) is 24.3 Å². The highest BCUT2D eigenvalue weighted by Crippen LogP contribution is 2.24. The second-order valence-electron chi connectivity index (χ2n) is 4.19. The van der Waals surface area contributed by atoms with Gasteiger partial charge in [-0.25, -0.2) is 0 Å². The van der Waals surface area contributed by atoms with Crippen molar-refractivity contribution in [2.24, 2.45) is 0 Å². The van der Waals surface area contributed by atoms with Crippen LogP contribution in [-0.2, 0) is 0 Å². The molecule has 96 valence electrons. The van der Waals surface area contributed by atoms with E-state index < -0.39 is 0 Å². The normalized spacial score (nSPS) is 12.5. The minimum absolute atomic E-state index is 0.355. The Morgan fingerprint density at radius 3 is 2.72 bits per heavy atom. The van der Waals surface area contributed by atoms with Gasteiger partial charge in [-0.2, -0.15) is 0 Å². The molecule has 1 heterocycles. The lowest BCUT2D eigenvalue weighted by molar-refractivity contribution is 0.541. The molecule has 2 rings (SSSR count). The Labute approximate surface area is 113 Å². The number of nitrogens with one attached hydrogen (secondary N) is 1. The Hall–Kier alpha value is -1.19. The molecule has 0 aliphatic carbocycles. The van der Waals surface area contributed by atoms with E-state index in [-0.39, 0.29) is 0 Å². The predicted octanol–water partition coefficient (Wildman–Crippen LogP) is 4.11. The summed E-state index contributed by atoms with van der Waals surface area (Å²) in [6, 6.07) is 12.9. The highest BCUT2D eigenvalue weighted by Gasteiger charge is 2.12. The Morgan fingerprint density at radius 2 is 2.06 bits per heavy atom. The van der Waals surface area contributed by atoms with Crippen molar-refractivity contribution < 1.29 is 4.42 Å². The second-order valence-corrected chi connectivity index (χ2v) is 5.28. The minimum Gasteiger partial charge on any atom is -0.472 e. The molecule has 1 unspecified atom stereocenters. The summed E-state index contributed by atoms with van der Waals surface area (Å²) >= 11 is 1.87. The maximum Gasteiger partial charge on any atom is 0.0950 e. The van der Waals surface area contributed by atoms with E-state index in [4.69, 9.17) is 4.42 Å². The van der Waals surface area contributed by atoms with Gasteiger partial charge in [0.25, 0.3) is 0 Å². The predicted molar refractivity (Wildman–Crippen MR) is 76.9 cm³/mol. The molecule has 0 amide bonds. The summed E-state index contributed by atoms with van der Waals surface area (Å²) in [6.07, 6.45) is 4.71. The highest BCUT2D eigenvalue weighted by molar-refractivity contribution is 7.99. The smallest absolute Gasteiger partial charge is 0.0950 e. The maximum atomic E-state index is 5.18. The Morgan fingerprint density at radius 1 is 1.22 bits per heavy atom. The number of benzene rings is 1. The van der Waals surface area contributed by atoms with Crippen LogP contribution in [0.3, 0.4) is 0 Å². The number of hydrogen-bond donors (Lipinski definition) is 1. The average molecular weight is 261 g/mol. The Bertz CT molecular complexity index is 427. The van der Waals surface area contributed by atoms with Crippen molar-refractivity contribution in [2.75, 3.05) is 12.3 Å². The van der Waals surface area contributed by atoms with Gasteiger partial charge in [0.1, 0.15) is 0 Å². The topological polar surface area (TPSA) is 25.2 Å². The summed E-state index contributed by atoms with van der Waals surface area (Å²) < 4.78 is 5.18. The van der Waals surface area contributed by atoms with Crippen LogP contribution in [0.1, 0.15) is 24.9 Å². The monoisotopic (exact) mass is 261 g/mol. The van der Waals surface area contributed by atoms with Crippen molar-refractivity contribution in [3.05, 3.63) is 54.5 Å². The van der Waals surface area contributed by atoms with Crippen molar-refractivity contribution in [3.63, 3.8) is 0 Å². The van der Waals surface area contributed by atoms with Crippen LogP contribution in [0, 0.1) is 0 Å². The third-order valence-electron chi connectivity index (χ3n) is 2.75. The van der Waals surface area contributed by atoms with Gasteiger partial charge in [0.05, 0.1) is 12.5 Å². The van der Waals surface area contributed by atoms with E-state index in [2.05, 4.69) is 36.5 Å². The first-order chi connectivity index (χ1) is 8.90. The van der Waals surface area contributed by atoms with Crippen molar-refractivity contribution in [3.8, 4) is 0 Å². The summed E-state index contributed by atoms with van der Waals surface area (Å²) in [6.45, 7) is 3.22. The van der Waals surface area contributed by atoms with Crippen LogP contribution in [0.25, 0.3) is 0 Å². The Balaban J connectivity index is 1.93. The van der Waals surface area contributed by atoms with Crippen LogP contribution in [0.15, 0.2) is 58.2 Å². The van der Waals surface area contributed by atoms with E-state index in [0.717, 1.165) is 18.7 Å². The van der Waals surface area contributed by atoms with Gasteiger partial charge in [0.2, 0.25) is 0 Å². The minimum atomic E-state index is 0.355. The van der Waals surface area contributed by atoms with Crippen LogP contribution in [0.5, 0.6) is 0 Å². The lowest BCUT2D eigenvalue weighted by atomic mass is 10.2. The molecule has 0 saturated heterocycles. The molecule has 0 bridgehead atoms. The van der Waals surface area contributed by atoms with E-state index in [1.54, 1.807) is 6.26 Å². The number of hydrogen-bond acceptors (Lipinski definition) is 3. The second kappa shape index (κ2) is 7.29. The molecule has 1 atom stereocenters. The molecule has 2 nitrogen and oxygen atoms in total. The molecule has 0 spiro atoms. The molecule has 18 heavy (non-hydrogen) atoms. The first-order valence-electron chi connectivity index (χ1n) is 6.33. The van der Waals surface area contributed by atoms with Crippen molar-refractivity contribution >= 4 is 11.8 Å². The molecule has 1 aromatic heterocycles. The van der Waals surface area contributed by atoms with Gasteiger partial charge < -0.3 is 9.73 Å². The van der Waals surface area contributed by atoms with E-state index in [1.807, 2.05) is 30.2 Å². The van der Waals surface area contributed by atoms with Crippen LogP contribution < -0.4 is 5.32 Å². The first-order valence-corrected chi connectivity index (χ1v) is 7.32. The number of thioether (sulfide) groups is 1. The lowest BCUT2D eigenvalue weighted by Gasteiger charge is -2.16. The van der Waals surface area contributed by atoms with Crippen LogP contribution in [-0.4, -0.2) is 12.3 Å². The maximum absolute atomic E-state index is 5.18. The summed E-state index contributed by atoms with van der Waals surface area (Å²) in [5, 5.41) is 3.56. The zero-order chi connectivity index (χ0) is 12.6. The summed E-state index contributed by atoms with van der Waals surface area (Å²) in [4.78, 5) is 1.31. The zero-order valence-corrected chi connectivity index (χ0v) is 11.5. The molecule has 1 N–H and O–H groups in total. The van der Waals surface area contributed by atoms with Gasteiger partial charge in [-0.05, 0) is 31.2 Å². The van der Waals surface area contributed by atoms with Gasteiger partial charge in [-0.3, -0.25) is 0 Å². The Kier molecular flexibility index (Phi) is 5.36. The van der Waals surface area contributed by atoms with Crippen molar-refractivity contribution in [1.29, 1.82) is 0 Å². The van der Waals surface area contributed by atoms with E-state index in [9.17, 15) is 0 Å². The molecule has 0 radical (unpaired) electrons. The van der Waals surface area contributed by atoms with E-state index >= 15 is 0 Å². The number of furan rings is 1. The molecule has 3 heteroatoms. The average Bonchev–Trinajstić information content (AvgIpc) is 2.94. The van der Waals surface area contributed by atoms with E-state index in [1.165, 1.54) is 10.5 Å². The molecule has 0 fully saturated rings. The largest absolute Gasteiger partial charge is 0.472 e. The highest BCUT2D eigenvalue weighted by atomic mass is 32.2. The lowest BCUT2D eigenvalue weighted by Crippen LogP contribution is -2.23. The van der Waals surface area contributed by atoms with Crippen molar-refractivity contribution in [1.82, 2.24) is 5.32 Å². The van der Waals surface area contributed by atoms with Gasteiger partial charge in [0.15, 0.2) is 0 Å². The van der Waals surface area contributed by atoms with Gasteiger partial charge >= 0.3 is 0 Å². The van der Waals surface area contributed by atoms with E-state index in [0.29, 0.717) is 6.04 Å². The SMILES string of the molecule is CCCNC(CSc1ccccc1)c1ccoc1. The van der Waals surface area contributed by atoms with Gasteiger partial charge in [-0.15, -0.1) is 11.8 Å². The molecule has 0 aliphatic heterocycles. The fraction of sp³-hybridized carbons (Fsp3) is 0.333. The molecule has 0 aliphatic rings. The van der Waals surface area contributed by atoms with Crippen LogP contribution in [0.4, 0.5) is 0 Å².